The monoisotopic (exact) mass is 263 g/mol. The molecule has 1 nitrogen and oxygen atoms in total. The van der Waals surface area contributed by atoms with Crippen molar-refractivity contribution in [2.24, 2.45) is 0 Å². The number of rotatable bonds is 6. The predicted octanol–water partition coefficient (Wildman–Crippen LogP) is 3.97. The number of hydrogen-bond donors (Lipinski definition) is 1. The smallest absolute Gasteiger partial charge is 0.0363 e. The molecule has 0 aromatic heterocycles. The second-order valence-electron chi connectivity index (χ2n) is 5.13. The minimum absolute atomic E-state index is 0.293. The first-order chi connectivity index (χ1) is 9.79. The van der Waals surface area contributed by atoms with Gasteiger partial charge in [-0.3, -0.25) is 0 Å². The summed E-state index contributed by atoms with van der Waals surface area (Å²) < 4.78 is 0. The Kier molecular flexibility index (Phi) is 5.41. The molecule has 20 heavy (non-hydrogen) atoms. The van der Waals surface area contributed by atoms with Gasteiger partial charge in [-0.2, -0.15) is 0 Å². The molecule has 2 aromatic rings. The number of nitrogens with one attached hydrogen (secondary N) is 1. The Balaban J connectivity index is 2.14. The van der Waals surface area contributed by atoms with Crippen molar-refractivity contribution in [1.82, 2.24) is 5.32 Å². The molecule has 1 N–H and O–H groups in total. The molecule has 0 aliphatic carbocycles. The molecular weight excluding hydrogens is 242 g/mol. The molecule has 2 atom stereocenters. The standard InChI is InChI=1S/C19H21N/c1-3-10-16(2)20-19(18-13-8-5-9-14-18)15-17-11-6-4-7-12-17/h1,4-9,11-14,16,19-20H,10,15H2,2H3. The summed E-state index contributed by atoms with van der Waals surface area (Å²) in [6.07, 6.45) is 7.13. The van der Waals surface area contributed by atoms with Gasteiger partial charge in [-0.1, -0.05) is 60.7 Å². The van der Waals surface area contributed by atoms with Gasteiger partial charge in [0.25, 0.3) is 0 Å². The van der Waals surface area contributed by atoms with Crippen molar-refractivity contribution in [3.8, 4) is 12.3 Å². The lowest BCUT2D eigenvalue weighted by Gasteiger charge is -2.23. The van der Waals surface area contributed by atoms with E-state index in [9.17, 15) is 0 Å². The van der Waals surface area contributed by atoms with E-state index in [0.717, 1.165) is 12.8 Å². The van der Waals surface area contributed by atoms with E-state index in [-0.39, 0.29) is 0 Å². The minimum Gasteiger partial charge on any atom is -0.306 e. The Bertz CT molecular complexity index is 539. The van der Waals surface area contributed by atoms with Crippen LogP contribution in [0, 0.1) is 12.3 Å². The predicted molar refractivity (Wildman–Crippen MR) is 85.4 cm³/mol. The second-order valence-corrected chi connectivity index (χ2v) is 5.13. The molecule has 0 fully saturated rings. The van der Waals surface area contributed by atoms with E-state index in [1.807, 2.05) is 6.07 Å². The van der Waals surface area contributed by atoms with E-state index >= 15 is 0 Å². The molecule has 1 heteroatoms. The highest BCUT2D eigenvalue weighted by Crippen LogP contribution is 2.19. The van der Waals surface area contributed by atoms with Crippen LogP contribution in [0.4, 0.5) is 0 Å². The number of terminal acetylenes is 1. The van der Waals surface area contributed by atoms with E-state index in [2.05, 4.69) is 72.8 Å². The molecule has 0 aliphatic heterocycles. The minimum atomic E-state index is 0.293. The van der Waals surface area contributed by atoms with Crippen molar-refractivity contribution in [1.29, 1.82) is 0 Å². The van der Waals surface area contributed by atoms with Gasteiger partial charge in [-0.05, 0) is 24.5 Å². The molecule has 2 aromatic carbocycles. The van der Waals surface area contributed by atoms with Crippen LogP contribution in [-0.4, -0.2) is 6.04 Å². The zero-order chi connectivity index (χ0) is 14.2. The van der Waals surface area contributed by atoms with Crippen LogP contribution in [0.3, 0.4) is 0 Å². The highest BCUT2D eigenvalue weighted by atomic mass is 14.9. The van der Waals surface area contributed by atoms with E-state index < -0.39 is 0 Å². The van der Waals surface area contributed by atoms with Crippen LogP contribution in [0.2, 0.25) is 0 Å². The summed E-state index contributed by atoms with van der Waals surface area (Å²) in [5.41, 5.74) is 2.64. The Morgan fingerprint density at radius 2 is 1.60 bits per heavy atom. The largest absolute Gasteiger partial charge is 0.306 e. The Morgan fingerprint density at radius 3 is 2.20 bits per heavy atom. The lowest BCUT2D eigenvalue weighted by atomic mass is 9.98. The Labute approximate surface area is 122 Å². The Morgan fingerprint density at radius 1 is 1.00 bits per heavy atom. The SMILES string of the molecule is C#CCC(C)NC(Cc1ccccc1)c1ccccc1. The first-order valence-electron chi connectivity index (χ1n) is 7.08. The van der Waals surface area contributed by atoms with Crippen LogP contribution in [0.25, 0.3) is 0 Å². The topological polar surface area (TPSA) is 12.0 Å². The summed E-state index contributed by atoms with van der Waals surface area (Å²) in [5, 5.41) is 3.64. The fourth-order valence-corrected chi connectivity index (χ4v) is 2.39. The highest BCUT2D eigenvalue weighted by Gasteiger charge is 2.14. The van der Waals surface area contributed by atoms with Gasteiger partial charge in [0.2, 0.25) is 0 Å². The lowest BCUT2D eigenvalue weighted by molar-refractivity contribution is 0.458. The molecule has 0 aliphatic rings. The first kappa shape index (κ1) is 14.4. The molecule has 0 radical (unpaired) electrons. The zero-order valence-corrected chi connectivity index (χ0v) is 11.9. The van der Waals surface area contributed by atoms with Gasteiger partial charge in [-0.15, -0.1) is 12.3 Å². The maximum absolute atomic E-state index is 5.41. The molecular formula is C19H21N. The van der Waals surface area contributed by atoms with Crippen LogP contribution < -0.4 is 5.32 Å². The molecule has 102 valence electrons. The van der Waals surface area contributed by atoms with E-state index in [4.69, 9.17) is 6.42 Å². The van der Waals surface area contributed by atoms with Crippen LogP contribution in [0.1, 0.15) is 30.5 Å². The van der Waals surface area contributed by atoms with Gasteiger partial charge in [0, 0.05) is 18.5 Å². The third-order valence-corrected chi connectivity index (χ3v) is 3.39. The normalized spacial score (nSPS) is 13.4. The van der Waals surface area contributed by atoms with Gasteiger partial charge in [-0.25, -0.2) is 0 Å². The molecule has 0 saturated carbocycles. The average Bonchev–Trinajstić information content (AvgIpc) is 2.49. The van der Waals surface area contributed by atoms with Crippen molar-refractivity contribution >= 4 is 0 Å². The van der Waals surface area contributed by atoms with Crippen LogP contribution >= 0.6 is 0 Å². The van der Waals surface area contributed by atoms with Crippen molar-refractivity contribution < 1.29 is 0 Å². The summed E-state index contributed by atoms with van der Waals surface area (Å²) in [5.74, 6) is 2.73. The first-order valence-corrected chi connectivity index (χ1v) is 7.08. The van der Waals surface area contributed by atoms with E-state index in [1.165, 1.54) is 11.1 Å². The molecule has 0 bridgehead atoms. The molecule has 0 saturated heterocycles. The van der Waals surface area contributed by atoms with Crippen molar-refractivity contribution in [3.63, 3.8) is 0 Å². The van der Waals surface area contributed by atoms with E-state index in [0.29, 0.717) is 12.1 Å². The summed E-state index contributed by atoms with van der Waals surface area (Å²) >= 11 is 0. The molecule has 0 spiro atoms. The highest BCUT2D eigenvalue weighted by molar-refractivity contribution is 5.24. The molecule has 2 rings (SSSR count). The summed E-state index contributed by atoms with van der Waals surface area (Å²) in [6, 6.07) is 21.7. The summed E-state index contributed by atoms with van der Waals surface area (Å²) in [4.78, 5) is 0. The number of benzene rings is 2. The molecule has 0 amide bonds. The van der Waals surface area contributed by atoms with E-state index in [1.54, 1.807) is 0 Å². The van der Waals surface area contributed by atoms with Gasteiger partial charge in [0.05, 0.1) is 0 Å². The third-order valence-electron chi connectivity index (χ3n) is 3.39. The molecule has 0 heterocycles. The quantitative estimate of drug-likeness (QED) is 0.778. The molecule has 2 unspecified atom stereocenters. The summed E-state index contributed by atoms with van der Waals surface area (Å²) in [6.45, 7) is 2.14. The van der Waals surface area contributed by atoms with Crippen molar-refractivity contribution in [2.75, 3.05) is 0 Å². The van der Waals surface area contributed by atoms with Gasteiger partial charge < -0.3 is 5.32 Å². The van der Waals surface area contributed by atoms with Gasteiger partial charge in [0.1, 0.15) is 0 Å². The van der Waals surface area contributed by atoms with Gasteiger partial charge >= 0.3 is 0 Å². The fraction of sp³-hybridized carbons (Fsp3) is 0.263. The van der Waals surface area contributed by atoms with Crippen LogP contribution in [-0.2, 0) is 6.42 Å². The average molecular weight is 263 g/mol. The maximum atomic E-state index is 5.41. The zero-order valence-electron chi connectivity index (χ0n) is 11.9. The van der Waals surface area contributed by atoms with Crippen LogP contribution in [0.5, 0.6) is 0 Å². The van der Waals surface area contributed by atoms with Crippen molar-refractivity contribution in [3.05, 3.63) is 71.8 Å². The number of hydrogen-bond acceptors (Lipinski definition) is 1. The Hall–Kier alpha value is -2.04. The lowest BCUT2D eigenvalue weighted by Crippen LogP contribution is -2.31. The summed E-state index contributed by atoms with van der Waals surface area (Å²) in [7, 11) is 0. The van der Waals surface area contributed by atoms with Crippen LogP contribution in [0.15, 0.2) is 60.7 Å². The maximum Gasteiger partial charge on any atom is 0.0363 e. The fourth-order valence-electron chi connectivity index (χ4n) is 2.39. The van der Waals surface area contributed by atoms with Crippen molar-refractivity contribution in [2.45, 2.75) is 31.8 Å². The van der Waals surface area contributed by atoms with Gasteiger partial charge in [0.15, 0.2) is 0 Å². The second kappa shape index (κ2) is 7.53. The third kappa shape index (κ3) is 4.26.